The molecule has 5 nitrogen and oxygen atoms in total. The lowest BCUT2D eigenvalue weighted by Crippen LogP contribution is -2.25. The maximum absolute atomic E-state index is 11.2. The van der Waals surface area contributed by atoms with Gasteiger partial charge in [0.1, 0.15) is 11.1 Å². The van der Waals surface area contributed by atoms with Crippen molar-refractivity contribution in [2.45, 2.75) is 20.0 Å². The summed E-state index contributed by atoms with van der Waals surface area (Å²) in [6, 6.07) is 1.60. The number of carbonyl (C=O) groups is 2. The van der Waals surface area contributed by atoms with Crippen LogP contribution in [0.4, 0.5) is 5.00 Å². The Bertz CT molecular complexity index is 398. The highest BCUT2D eigenvalue weighted by Gasteiger charge is 2.16. The lowest BCUT2D eigenvalue weighted by atomic mass is 10.2. The molecular weight excluding hydrogens is 216 g/mol. The Kier molecular flexibility index (Phi) is 3.43. The van der Waals surface area contributed by atoms with Crippen molar-refractivity contribution in [2.75, 3.05) is 5.32 Å². The molecule has 1 aromatic rings. The number of hydrogen-bond donors (Lipinski definition) is 3. The van der Waals surface area contributed by atoms with Crippen molar-refractivity contribution in [1.82, 2.24) is 0 Å². The Hall–Kier alpha value is -1.40. The predicted octanol–water partition coefficient (Wildman–Crippen LogP) is 0.475. The van der Waals surface area contributed by atoms with Crippen LogP contribution in [0.2, 0.25) is 0 Å². The van der Waals surface area contributed by atoms with Crippen LogP contribution in [-0.4, -0.2) is 23.0 Å². The smallest absolute Gasteiger partial charge is 0.253 e. The van der Waals surface area contributed by atoms with Crippen molar-refractivity contribution < 1.29 is 14.7 Å². The summed E-state index contributed by atoms with van der Waals surface area (Å²) in [7, 11) is 0. The third kappa shape index (κ3) is 2.77. The number of aryl methyl sites for hydroxylation is 1. The van der Waals surface area contributed by atoms with Gasteiger partial charge in [0.25, 0.3) is 11.8 Å². The molecule has 1 rings (SSSR count). The molecule has 0 aromatic carbocycles. The third-order valence-electron chi connectivity index (χ3n) is 1.74. The van der Waals surface area contributed by atoms with E-state index in [0.717, 1.165) is 4.88 Å². The molecule has 2 amide bonds. The van der Waals surface area contributed by atoms with Crippen molar-refractivity contribution in [3.05, 3.63) is 16.5 Å². The zero-order valence-electron chi connectivity index (χ0n) is 8.40. The quantitative estimate of drug-likeness (QED) is 0.702. The lowest BCUT2D eigenvalue weighted by molar-refractivity contribution is -0.123. The number of thiophene rings is 1. The van der Waals surface area contributed by atoms with Gasteiger partial charge in [0.05, 0.1) is 5.56 Å². The summed E-state index contributed by atoms with van der Waals surface area (Å²) in [4.78, 5) is 23.1. The number of primary amides is 1. The van der Waals surface area contributed by atoms with Gasteiger partial charge in [-0.1, -0.05) is 0 Å². The van der Waals surface area contributed by atoms with Gasteiger partial charge >= 0.3 is 0 Å². The monoisotopic (exact) mass is 228 g/mol. The second kappa shape index (κ2) is 4.41. The highest BCUT2D eigenvalue weighted by Crippen LogP contribution is 2.27. The number of amides is 2. The molecule has 0 spiro atoms. The first-order valence-electron chi connectivity index (χ1n) is 4.31. The zero-order valence-corrected chi connectivity index (χ0v) is 9.22. The van der Waals surface area contributed by atoms with E-state index in [2.05, 4.69) is 5.32 Å². The molecule has 1 unspecified atom stereocenters. The van der Waals surface area contributed by atoms with E-state index in [9.17, 15) is 9.59 Å². The molecule has 1 aromatic heterocycles. The van der Waals surface area contributed by atoms with Gasteiger partial charge in [-0.25, -0.2) is 0 Å². The standard InChI is InChI=1S/C9H12N2O3S/c1-4-3-6(7(10)13)9(15-4)11-8(14)5(2)12/h3,5,12H,1-2H3,(H2,10,13)(H,11,14). The van der Waals surface area contributed by atoms with Crippen LogP contribution in [0.25, 0.3) is 0 Å². The minimum Gasteiger partial charge on any atom is -0.384 e. The van der Waals surface area contributed by atoms with Gasteiger partial charge in [-0.3, -0.25) is 9.59 Å². The minimum absolute atomic E-state index is 0.270. The highest BCUT2D eigenvalue weighted by molar-refractivity contribution is 7.16. The van der Waals surface area contributed by atoms with Crippen molar-refractivity contribution in [3.63, 3.8) is 0 Å². The van der Waals surface area contributed by atoms with Gasteiger partial charge in [0.2, 0.25) is 0 Å². The number of nitrogens with one attached hydrogen (secondary N) is 1. The maximum atomic E-state index is 11.2. The first kappa shape index (κ1) is 11.7. The van der Waals surface area contributed by atoms with Crippen LogP contribution in [0.1, 0.15) is 22.2 Å². The number of aliphatic hydroxyl groups excluding tert-OH is 1. The average Bonchev–Trinajstić information content (AvgIpc) is 2.46. The Morgan fingerprint density at radius 2 is 2.20 bits per heavy atom. The van der Waals surface area contributed by atoms with E-state index in [4.69, 9.17) is 10.8 Å². The fourth-order valence-corrected chi connectivity index (χ4v) is 1.93. The molecule has 0 aliphatic carbocycles. The Balaban J connectivity index is 2.94. The third-order valence-corrected chi connectivity index (χ3v) is 2.70. The number of nitrogens with two attached hydrogens (primary N) is 1. The topological polar surface area (TPSA) is 92.4 Å². The first-order chi connectivity index (χ1) is 6.91. The fraction of sp³-hybridized carbons (Fsp3) is 0.333. The molecular formula is C9H12N2O3S. The molecule has 1 heterocycles. The van der Waals surface area contributed by atoms with Crippen LogP contribution in [0.3, 0.4) is 0 Å². The van der Waals surface area contributed by atoms with E-state index < -0.39 is 17.9 Å². The van der Waals surface area contributed by atoms with Crippen molar-refractivity contribution in [3.8, 4) is 0 Å². The molecule has 0 saturated heterocycles. The summed E-state index contributed by atoms with van der Waals surface area (Å²) in [5, 5.41) is 11.8. The van der Waals surface area contributed by atoms with Gasteiger partial charge in [0.15, 0.2) is 0 Å². The summed E-state index contributed by atoms with van der Waals surface area (Å²) in [6.45, 7) is 3.15. The first-order valence-corrected chi connectivity index (χ1v) is 5.12. The number of carbonyl (C=O) groups excluding carboxylic acids is 2. The van der Waals surface area contributed by atoms with E-state index in [1.54, 1.807) is 13.0 Å². The summed E-state index contributed by atoms with van der Waals surface area (Å²) in [5.41, 5.74) is 5.40. The van der Waals surface area contributed by atoms with Gasteiger partial charge < -0.3 is 16.2 Å². The summed E-state index contributed by atoms with van der Waals surface area (Å²) in [6.07, 6.45) is -1.12. The molecule has 4 N–H and O–H groups in total. The van der Waals surface area contributed by atoms with Crippen LogP contribution in [0.5, 0.6) is 0 Å². The van der Waals surface area contributed by atoms with Crippen molar-refractivity contribution in [1.29, 1.82) is 0 Å². The van der Waals surface area contributed by atoms with Gasteiger partial charge in [-0.15, -0.1) is 11.3 Å². The zero-order chi connectivity index (χ0) is 11.6. The largest absolute Gasteiger partial charge is 0.384 e. The molecule has 0 aliphatic heterocycles. The van der Waals surface area contributed by atoms with E-state index in [0.29, 0.717) is 5.00 Å². The molecule has 15 heavy (non-hydrogen) atoms. The molecule has 0 saturated carbocycles. The normalized spacial score (nSPS) is 12.2. The van der Waals surface area contributed by atoms with Crippen molar-refractivity contribution >= 4 is 28.2 Å². The molecule has 0 radical (unpaired) electrons. The molecule has 0 fully saturated rings. The van der Waals surface area contributed by atoms with E-state index in [1.165, 1.54) is 18.3 Å². The second-order valence-electron chi connectivity index (χ2n) is 3.13. The Labute approximate surface area is 90.9 Å². The second-order valence-corrected chi connectivity index (χ2v) is 4.39. The molecule has 1 atom stereocenters. The van der Waals surface area contributed by atoms with E-state index in [1.807, 2.05) is 0 Å². The fourth-order valence-electron chi connectivity index (χ4n) is 1.01. The molecule has 6 heteroatoms. The lowest BCUT2D eigenvalue weighted by Gasteiger charge is -2.05. The van der Waals surface area contributed by atoms with E-state index >= 15 is 0 Å². The van der Waals surface area contributed by atoms with Crippen LogP contribution in [0.15, 0.2) is 6.07 Å². The van der Waals surface area contributed by atoms with Gasteiger partial charge in [0, 0.05) is 4.88 Å². The Morgan fingerprint density at radius 1 is 1.60 bits per heavy atom. The summed E-state index contributed by atoms with van der Waals surface area (Å²) in [5.74, 6) is -1.15. The predicted molar refractivity (Wildman–Crippen MR) is 57.9 cm³/mol. The van der Waals surface area contributed by atoms with Crippen LogP contribution in [0, 0.1) is 6.92 Å². The van der Waals surface area contributed by atoms with Crippen LogP contribution >= 0.6 is 11.3 Å². The minimum atomic E-state index is -1.12. The number of anilines is 1. The maximum Gasteiger partial charge on any atom is 0.253 e. The SMILES string of the molecule is Cc1cc(C(N)=O)c(NC(=O)C(C)O)s1. The van der Waals surface area contributed by atoms with Crippen LogP contribution in [-0.2, 0) is 4.79 Å². The molecule has 0 aliphatic rings. The molecule has 0 bridgehead atoms. The van der Waals surface area contributed by atoms with Gasteiger partial charge in [-0.2, -0.15) is 0 Å². The van der Waals surface area contributed by atoms with Crippen LogP contribution < -0.4 is 11.1 Å². The molecule has 82 valence electrons. The summed E-state index contributed by atoms with van der Waals surface area (Å²) >= 11 is 1.24. The van der Waals surface area contributed by atoms with E-state index in [-0.39, 0.29) is 5.56 Å². The number of rotatable bonds is 3. The Morgan fingerprint density at radius 3 is 2.67 bits per heavy atom. The number of aliphatic hydroxyl groups is 1. The summed E-state index contributed by atoms with van der Waals surface area (Å²) < 4.78 is 0. The number of hydrogen-bond acceptors (Lipinski definition) is 4. The highest BCUT2D eigenvalue weighted by atomic mass is 32.1. The van der Waals surface area contributed by atoms with Crippen molar-refractivity contribution in [2.24, 2.45) is 5.73 Å². The average molecular weight is 228 g/mol. The van der Waals surface area contributed by atoms with Gasteiger partial charge in [-0.05, 0) is 19.9 Å².